The Hall–Kier alpha value is -1.30. The molecule has 0 bridgehead atoms. The molecule has 1 aliphatic heterocycles. The summed E-state index contributed by atoms with van der Waals surface area (Å²) in [6.45, 7) is 2.11. The van der Waals surface area contributed by atoms with E-state index < -0.39 is 11.5 Å². The number of carboxylic acid groups (broad SMARTS) is 1. The zero-order valence-corrected chi connectivity index (χ0v) is 12.8. The van der Waals surface area contributed by atoms with Crippen LogP contribution >= 0.6 is 0 Å². The second kappa shape index (κ2) is 7.11. The molecule has 6 heteroatoms. The van der Waals surface area contributed by atoms with E-state index in [1.54, 1.807) is 7.11 Å². The smallest absolute Gasteiger partial charge is 0.317 e. The number of urea groups is 1. The first kappa shape index (κ1) is 16.1. The van der Waals surface area contributed by atoms with Crippen molar-refractivity contribution in [3.05, 3.63) is 0 Å². The van der Waals surface area contributed by atoms with Crippen LogP contribution in [0.2, 0.25) is 0 Å². The highest BCUT2D eigenvalue weighted by Gasteiger charge is 2.39. The maximum Gasteiger partial charge on any atom is 0.317 e. The molecular formula is C15H26N2O4. The SMILES string of the molecule is COCC1CCCN(C(=O)NC2(CC(=O)O)CCCC2)C1. The Morgan fingerprint density at radius 2 is 2.05 bits per heavy atom. The van der Waals surface area contributed by atoms with Crippen LogP contribution < -0.4 is 5.32 Å². The summed E-state index contributed by atoms with van der Waals surface area (Å²) in [6, 6.07) is -0.112. The Bertz CT molecular complexity index is 378. The summed E-state index contributed by atoms with van der Waals surface area (Å²) in [5.41, 5.74) is -0.545. The van der Waals surface area contributed by atoms with Crippen LogP contribution in [0.4, 0.5) is 4.79 Å². The van der Waals surface area contributed by atoms with E-state index in [9.17, 15) is 9.59 Å². The van der Waals surface area contributed by atoms with Crippen molar-refractivity contribution in [1.29, 1.82) is 0 Å². The molecule has 0 aromatic carbocycles. The monoisotopic (exact) mass is 298 g/mol. The lowest BCUT2D eigenvalue weighted by Gasteiger charge is -2.36. The molecule has 2 amide bonds. The summed E-state index contributed by atoms with van der Waals surface area (Å²) in [7, 11) is 1.68. The molecule has 120 valence electrons. The lowest BCUT2D eigenvalue weighted by Crippen LogP contribution is -2.55. The van der Waals surface area contributed by atoms with Crippen molar-refractivity contribution in [3.63, 3.8) is 0 Å². The molecule has 0 aromatic rings. The van der Waals surface area contributed by atoms with E-state index in [0.717, 1.165) is 45.1 Å². The van der Waals surface area contributed by atoms with Crippen molar-refractivity contribution < 1.29 is 19.4 Å². The van der Waals surface area contributed by atoms with Gasteiger partial charge in [-0.3, -0.25) is 4.79 Å². The van der Waals surface area contributed by atoms with Crippen LogP contribution in [0.1, 0.15) is 44.9 Å². The van der Waals surface area contributed by atoms with Crippen molar-refractivity contribution in [2.24, 2.45) is 5.92 Å². The number of aliphatic carboxylic acids is 1. The molecule has 2 fully saturated rings. The van der Waals surface area contributed by atoms with Crippen LogP contribution in [-0.4, -0.2) is 54.4 Å². The van der Waals surface area contributed by atoms with Gasteiger partial charge in [0, 0.05) is 26.1 Å². The highest BCUT2D eigenvalue weighted by molar-refractivity contribution is 5.77. The van der Waals surface area contributed by atoms with Gasteiger partial charge in [0.15, 0.2) is 0 Å². The van der Waals surface area contributed by atoms with Gasteiger partial charge in [-0.15, -0.1) is 0 Å². The molecular weight excluding hydrogens is 272 g/mol. The zero-order valence-electron chi connectivity index (χ0n) is 12.8. The van der Waals surface area contributed by atoms with Gasteiger partial charge < -0.3 is 20.1 Å². The van der Waals surface area contributed by atoms with E-state index in [4.69, 9.17) is 9.84 Å². The van der Waals surface area contributed by atoms with Crippen LogP contribution in [0.25, 0.3) is 0 Å². The van der Waals surface area contributed by atoms with Crippen molar-refractivity contribution >= 4 is 12.0 Å². The topological polar surface area (TPSA) is 78.9 Å². The van der Waals surface area contributed by atoms with Gasteiger partial charge in [0.05, 0.1) is 18.6 Å². The fraction of sp³-hybridized carbons (Fsp3) is 0.867. The number of ether oxygens (including phenoxy) is 1. The molecule has 1 unspecified atom stereocenters. The van der Waals surface area contributed by atoms with Crippen LogP contribution in [0.15, 0.2) is 0 Å². The van der Waals surface area contributed by atoms with E-state index in [1.165, 1.54) is 0 Å². The number of carbonyl (C=O) groups excluding carboxylic acids is 1. The standard InChI is InChI=1S/C15H26N2O4/c1-21-11-12-5-4-8-17(10-12)14(20)16-15(9-13(18)19)6-2-3-7-15/h12H,2-11H2,1H3,(H,16,20)(H,18,19). The van der Waals surface area contributed by atoms with Crippen LogP contribution in [-0.2, 0) is 9.53 Å². The molecule has 1 atom stereocenters. The zero-order chi connectivity index (χ0) is 15.3. The fourth-order valence-electron chi connectivity index (χ4n) is 3.61. The minimum absolute atomic E-state index is 0.0219. The normalized spacial score (nSPS) is 24.8. The van der Waals surface area contributed by atoms with Crippen molar-refractivity contribution in [2.45, 2.75) is 50.5 Å². The number of nitrogens with zero attached hydrogens (tertiary/aromatic N) is 1. The van der Waals surface area contributed by atoms with Crippen LogP contribution in [0, 0.1) is 5.92 Å². The Balaban J connectivity index is 1.93. The number of carbonyl (C=O) groups is 2. The summed E-state index contributed by atoms with van der Waals surface area (Å²) in [4.78, 5) is 25.4. The first-order chi connectivity index (χ1) is 10.0. The molecule has 0 radical (unpaired) electrons. The van der Waals surface area contributed by atoms with Crippen LogP contribution in [0.3, 0.4) is 0 Å². The third kappa shape index (κ3) is 4.33. The van der Waals surface area contributed by atoms with E-state index in [2.05, 4.69) is 5.32 Å². The van der Waals surface area contributed by atoms with Crippen molar-refractivity contribution in [1.82, 2.24) is 10.2 Å². The van der Waals surface area contributed by atoms with Gasteiger partial charge in [-0.2, -0.15) is 0 Å². The minimum atomic E-state index is -0.840. The van der Waals surface area contributed by atoms with Gasteiger partial charge in [-0.05, 0) is 25.7 Å². The van der Waals surface area contributed by atoms with Crippen molar-refractivity contribution in [2.75, 3.05) is 26.8 Å². The number of methoxy groups -OCH3 is 1. The Kier molecular flexibility index (Phi) is 5.45. The quantitative estimate of drug-likeness (QED) is 0.812. The Morgan fingerprint density at radius 1 is 1.33 bits per heavy atom. The molecule has 0 aromatic heterocycles. The molecule has 1 aliphatic carbocycles. The van der Waals surface area contributed by atoms with Gasteiger partial charge in [0.25, 0.3) is 0 Å². The van der Waals surface area contributed by atoms with Crippen molar-refractivity contribution in [3.8, 4) is 0 Å². The van der Waals surface area contributed by atoms with Gasteiger partial charge >= 0.3 is 12.0 Å². The molecule has 1 heterocycles. The van der Waals surface area contributed by atoms with E-state index in [-0.39, 0.29) is 12.5 Å². The first-order valence-electron chi connectivity index (χ1n) is 7.82. The number of rotatable bonds is 5. The van der Waals surface area contributed by atoms with Gasteiger partial charge in [0.1, 0.15) is 0 Å². The summed E-state index contributed by atoms with van der Waals surface area (Å²) in [6.07, 6.45) is 5.58. The van der Waals surface area contributed by atoms with E-state index in [1.807, 2.05) is 4.90 Å². The highest BCUT2D eigenvalue weighted by Crippen LogP contribution is 2.33. The highest BCUT2D eigenvalue weighted by atomic mass is 16.5. The number of nitrogens with one attached hydrogen (secondary N) is 1. The molecule has 2 rings (SSSR count). The van der Waals surface area contributed by atoms with Gasteiger partial charge in [-0.25, -0.2) is 4.79 Å². The predicted octanol–water partition coefficient (Wildman–Crippen LogP) is 1.84. The number of hydrogen-bond donors (Lipinski definition) is 2. The molecule has 0 spiro atoms. The first-order valence-corrected chi connectivity index (χ1v) is 7.82. The summed E-state index contributed by atoms with van der Waals surface area (Å²) >= 11 is 0. The molecule has 2 N–H and O–H groups in total. The van der Waals surface area contributed by atoms with E-state index in [0.29, 0.717) is 19.1 Å². The maximum atomic E-state index is 12.5. The number of hydrogen-bond acceptors (Lipinski definition) is 3. The summed E-state index contributed by atoms with van der Waals surface area (Å²) in [5, 5.41) is 12.1. The van der Waals surface area contributed by atoms with Gasteiger partial charge in [-0.1, -0.05) is 12.8 Å². The lowest BCUT2D eigenvalue weighted by molar-refractivity contribution is -0.138. The second-order valence-electron chi connectivity index (χ2n) is 6.40. The maximum absolute atomic E-state index is 12.5. The van der Waals surface area contributed by atoms with E-state index >= 15 is 0 Å². The number of amides is 2. The summed E-state index contributed by atoms with van der Waals surface area (Å²) < 4.78 is 5.18. The molecule has 1 saturated carbocycles. The van der Waals surface area contributed by atoms with Gasteiger partial charge in [0.2, 0.25) is 0 Å². The minimum Gasteiger partial charge on any atom is -0.481 e. The number of carboxylic acids is 1. The second-order valence-corrected chi connectivity index (χ2v) is 6.40. The predicted molar refractivity (Wildman–Crippen MR) is 78.2 cm³/mol. The molecule has 2 aliphatic rings. The largest absolute Gasteiger partial charge is 0.481 e. The average Bonchev–Trinajstić information content (AvgIpc) is 2.86. The molecule has 6 nitrogen and oxygen atoms in total. The Labute approximate surface area is 125 Å². The number of likely N-dealkylation sites (tertiary alicyclic amines) is 1. The average molecular weight is 298 g/mol. The third-order valence-electron chi connectivity index (χ3n) is 4.63. The lowest BCUT2D eigenvalue weighted by atomic mass is 9.93. The Morgan fingerprint density at radius 3 is 2.67 bits per heavy atom. The third-order valence-corrected chi connectivity index (χ3v) is 4.63. The number of piperidine rings is 1. The van der Waals surface area contributed by atoms with Crippen LogP contribution in [0.5, 0.6) is 0 Å². The molecule has 1 saturated heterocycles. The summed E-state index contributed by atoms with van der Waals surface area (Å²) in [5.74, 6) is -0.457. The molecule has 21 heavy (non-hydrogen) atoms. The fourth-order valence-corrected chi connectivity index (χ4v) is 3.61.